The van der Waals surface area contributed by atoms with Crippen LogP contribution in [0.25, 0.3) is 28.2 Å². The van der Waals surface area contributed by atoms with E-state index in [4.69, 9.17) is 23.2 Å². The monoisotopic (exact) mass is 468 g/mol. The zero-order chi connectivity index (χ0) is 21.5. The largest absolute Gasteiger partial charge is 0.435 e. The van der Waals surface area contributed by atoms with Crippen molar-refractivity contribution in [3.63, 3.8) is 0 Å². The Morgan fingerprint density at radius 3 is 2.40 bits per heavy atom. The third-order valence-electron chi connectivity index (χ3n) is 4.24. The fourth-order valence-corrected chi connectivity index (χ4v) is 4.34. The molecule has 0 aliphatic heterocycles. The van der Waals surface area contributed by atoms with E-state index in [2.05, 4.69) is 15.1 Å². The van der Waals surface area contributed by atoms with E-state index in [0.717, 1.165) is 27.8 Å². The first-order valence-corrected chi connectivity index (χ1v) is 10.5. The Labute approximate surface area is 184 Å². The van der Waals surface area contributed by atoms with Crippen molar-refractivity contribution in [2.45, 2.75) is 18.0 Å². The van der Waals surface area contributed by atoms with Gasteiger partial charge in [0.1, 0.15) is 5.69 Å². The third-order valence-corrected chi connectivity index (χ3v) is 5.59. The Morgan fingerprint density at radius 1 is 1.00 bits per heavy atom. The summed E-state index contributed by atoms with van der Waals surface area (Å²) in [5.74, 6) is 0.746. The van der Waals surface area contributed by atoms with Crippen LogP contribution in [0.1, 0.15) is 12.6 Å². The second kappa shape index (κ2) is 8.09. The average Bonchev–Trinajstić information content (AvgIpc) is 3.12. The number of hydrogen-bond acceptors (Lipinski definition) is 4. The van der Waals surface area contributed by atoms with Gasteiger partial charge < -0.3 is 0 Å². The first-order chi connectivity index (χ1) is 14.3. The summed E-state index contributed by atoms with van der Waals surface area (Å²) in [6.45, 7) is 1.98. The molecule has 4 nitrogen and oxygen atoms in total. The fraction of sp³-hybridized carbons (Fsp3) is 0.150. The lowest BCUT2D eigenvalue weighted by Crippen LogP contribution is -2.06. The maximum atomic E-state index is 13.1. The van der Waals surface area contributed by atoms with Crippen molar-refractivity contribution < 1.29 is 13.2 Å². The predicted molar refractivity (Wildman–Crippen MR) is 113 cm³/mol. The van der Waals surface area contributed by atoms with E-state index in [0.29, 0.717) is 21.4 Å². The van der Waals surface area contributed by atoms with E-state index in [1.807, 2.05) is 13.0 Å². The van der Waals surface area contributed by atoms with Gasteiger partial charge in [0.2, 0.25) is 0 Å². The Hall–Kier alpha value is -2.29. The maximum absolute atomic E-state index is 13.1. The molecule has 0 fully saturated rings. The molecule has 0 aliphatic carbocycles. The second-order valence-electron chi connectivity index (χ2n) is 6.29. The van der Waals surface area contributed by atoms with E-state index in [1.54, 1.807) is 30.5 Å². The van der Waals surface area contributed by atoms with Gasteiger partial charge in [-0.25, -0.2) is 9.50 Å². The first-order valence-electron chi connectivity index (χ1n) is 8.78. The highest BCUT2D eigenvalue weighted by Gasteiger charge is 2.34. The minimum atomic E-state index is -4.56. The lowest BCUT2D eigenvalue weighted by Gasteiger charge is -2.12. The Morgan fingerprint density at radius 2 is 1.73 bits per heavy atom. The van der Waals surface area contributed by atoms with Gasteiger partial charge in [0, 0.05) is 39.0 Å². The zero-order valence-corrected chi connectivity index (χ0v) is 17.7. The summed E-state index contributed by atoms with van der Waals surface area (Å²) in [7, 11) is 0. The Kier molecular flexibility index (Phi) is 5.65. The molecule has 3 aromatic heterocycles. The standard InChI is InChI=1S/C20H13Cl2F3N4S/c1-2-30-16-7-12(11-5-13(21)8-14(22)6-11)10-27-19(16)15-3-4-26-18-9-17(20(23,24)25)28-29(15)18/h3-10H,2H2,1H3. The molecular formula is C20H13Cl2F3N4S. The van der Waals surface area contributed by atoms with Gasteiger partial charge in [0.05, 0.1) is 5.69 Å². The van der Waals surface area contributed by atoms with Crippen molar-refractivity contribution in [3.05, 3.63) is 64.5 Å². The van der Waals surface area contributed by atoms with E-state index in [-0.39, 0.29) is 5.65 Å². The summed E-state index contributed by atoms with van der Waals surface area (Å²) in [4.78, 5) is 9.34. The van der Waals surface area contributed by atoms with Gasteiger partial charge >= 0.3 is 6.18 Å². The molecule has 0 saturated heterocycles. The van der Waals surface area contributed by atoms with Gasteiger partial charge in [-0.05, 0) is 41.6 Å². The molecule has 1 aromatic carbocycles. The number of aromatic nitrogens is 4. The highest BCUT2D eigenvalue weighted by molar-refractivity contribution is 7.99. The van der Waals surface area contributed by atoms with Gasteiger partial charge in [-0.15, -0.1) is 11.8 Å². The van der Waals surface area contributed by atoms with Crippen LogP contribution in [0.4, 0.5) is 13.2 Å². The van der Waals surface area contributed by atoms with Crippen molar-refractivity contribution in [2.24, 2.45) is 0 Å². The smallest absolute Gasteiger partial charge is 0.253 e. The van der Waals surface area contributed by atoms with Crippen LogP contribution >= 0.6 is 35.0 Å². The van der Waals surface area contributed by atoms with Crippen LogP contribution in [-0.4, -0.2) is 25.3 Å². The van der Waals surface area contributed by atoms with Crippen LogP contribution in [0, 0.1) is 0 Å². The predicted octanol–water partition coefficient (Wildman–Crippen LogP) is 6.90. The minimum absolute atomic E-state index is 0.0970. The summed E-state index contributed by atoms with van der Waals surface area (Å²) < 4.78 is 40.5. The van der Waals surface area contributed by atoms with Crippen molar-refractivity contribution in [3.8, 4) is 22.5 Å². The molecule has 154 valence electrons. The number of pyridine rings is 1. The molecule has 3 heterocycles. The van der Waals surface area contributed by atoms with Gasteiger partial charge in [0.25, 0.3) is 0 Å². The number of halogens is 5. The quantitative estimate of drug-likeness (QED) is 0.305. The molecule has 0 saturated carbocycles. The van der Waals surface area contributed by atoms with Crippen molar-refractivity contribution in [1.29, 1.82) is 0 Å². The Bertz CT molecular complexity index is 1220. The topological polar surface area (TPSA) is 43.1 Å². The first kappa shape index (κ1) is 21.0. The molecule has 0 aliphatic rings. The van der Waals surface area contributed by atoms with Crippen molar-refractivity contribution >= 4 is 40.6 Å². The average molecular weight is 469 g/mol. The van der Waals surface area contributed by atoms with Gasteiger partial charge in [-0.1, -0.05) is 30.1 Å². The Balaban J connectivity index is 1.88. The molecule has 0 N–H and O–H groups in total. The van der Waals surface area contributed by atoms with Crippen molar-refractivity contribution in [2.75, 3.05) is 5.75 Å². The van der Waals surface area contributed by atoms with Crippen LogP contribution in [0.3, 0.4) is 0 Å². The zero-order valence-electron chi connectivity index (χ0n) is 15.4. The van der Waals surface area contributed by atoms with E-state index in [1.165, 1.54) is 22.5 Å². The molecule has 10 heteroatoms. The number of alkyl halides is 3. The molecule has 0 amide bonds. The van der Waals surface area contributed by atoms with Gasteiger partial charge in [-0.3, -0.25) is 4.98 Å². The highest BCUT2D eigenvalue weighted by Crippen LogP contribution is 2.36. The highest BCUT2D eigenvalue weighted by atomic mass is 35.5. The molecule has 4 aromatic rings. The van der Waals surface area contributed by atoms with Crippen LogP contribution in [0.2, 0.25) is 10.0 Å². The lowest BCUT2D eigenvalue weighted by molar-refractivity contribution is -0.141. The molecule has 0 radical (unpaired) electrons. The minimum Gasteiger partial charge on any atom is -0.253 e. The SMILES string of the molecule is CCSc1cc(-c2cc(Cl)cc(Cl)c2)cnc1-c1ccnc2cc(C(F)(F)F)nn12. The summed E-state index contributed by atoms with van der Waals surface area (Å²) in [6, 6.07) is 9.62. The van der Waals surface area contributed by atoms with Crippen molar-refractivity contribution in [1.82, 2.24) is 19.6 Å². The summed E-state index contributed by atoms with van der Waals surface area (Å²) in [5, 5.41) is 4.71. The maximum Gasteiger partial charge on any atom is 0.435 e. The third kappa shape index (κ3) is 4.12. The molecule has 0 spiro atoms. The number of thioether (sulfide) groups is 1. The van der Waals surface area contributed by atoms with E-state index in [9.17, 15) is 13.2 Å². The molecule has 0 unspecified atom stereocenters. The number of benzene rings is 1. The lowest BCUT2D eigenvalue weighted by atomic mass is 10.1. The van der Waals surface area contributed by atoms with Gasteiger partial charge in [-0.2, -0.15) is 18.3 Å². The second-order valence-corrected chi connectivity index (χ2v) is 8.47. The number of hydrogen-bond donors (Lipinski definition) is 0. The molecular weight excluding hydrogens is 456 g/mol. The summed E-state index contributed by atoms with van der Waals surface area (Å²) >= 11 is 13.7. The molecule has 30 heavy (non-hydrogen) atoms. The van der Waals surface area contributed by atoms with E-state index < -0.39 is 11.9 Å². The van der Waals surface area contributed by atoms with Crippen LogP contribution in [0.15, 0.2) is 53.7 Å². The number of nitrogens with zero attached hydrogens (tertiary/aromatic N) is 4. The van der Waals surface area contributed by atoms with Crippen LogP contribution in [-0.2, 0) is 6.18 Å². The van der Waals surface area contributed by atoms with Gasteiger partial charge in [0.15, 0.2) is 11.3 Å². The molecule has 0 atom stereocenters. The summed E-state index contributed by atoms with van der Waals surface area (Å²) in [6.07, 6.45) is -1.48. The fourth-order valence-electron chi connectivity index (χ4n) is 2.99. The number of rotatable bonds is 4. The summed E-state index contributed by atoms with van der Waals surface area (Å²) in [5.41, 5.74) is 1.62. The van der Waals surface area contributed by atoms with Crippen LogP contribution < -0.4 is 0 Å². The van der Waals surface area contributed by atoms with E-state index >= 15 is 0 Å². The molecule has 4 rings (SSSR count). The normalized spacial score (nSPS) is 11.9. The molecule has 0 bridgehead atoms. The number of fused-ring (bicyclic) bond motifs is 1. The van der Waals surface area contributed by atoms with Crippen LogP contribution in [0.5, 0.6) is 0 Å².